The summed E-state index contributed by atoms with van der Waals surface area (Å²) in [4.78, 5) is 13.9. The molecule has 0 radical (unpaired) electrons. The molecule has 2 aromatic rings. The minimum absolute atomic E-state index is 0.637. The summed E-state index contributed by atoms with van der Waals surface area (Å²) in [5.74, 6) is 0. The summed E-state index contributed by atoms with van der Waals surface area (Å²) in [6.45, 7) is 0. The SMILES string of the molecule is O=C=Nc1c(Br)ccc2ccccc12. The van der Waals surface area contributed by atoms with Crippen LogP contribution in [0, 0.1) is 0 Å². The average Bonchev–Trinajstić information content (AvgIpc) is 2.23. The largest absolute Gasteiger partial charge is 0.240 e. The van der Waals surface area contributed by atoms with Gasteiger partial charge >= 0.3 is 0 Å². The Labute approximate surface area is 89.4 Å². The van der Waals surface area contributed by atoms with Crippen molar-refractivity contribution in [1.29, 1.82) is 0 Å². The summed E-state index contributed by atoms with van der Waals surface area (Å²) in [5.41, 5.74) is 0.637. The van der Waals surface area contributed by atoms with Crippen LogP contribution in [0.1, 0.15) is 0 Å². The first-order chi connectivity index (χ1) is 6.83. The molecular weight excluding hydrogens is 242 g/mol. The molecule has 0 aliphatic carbocycles. The average molecular weight is 248 g/mol. The van der Waals surface area contributed by atoms with Crippen LogP contribution in [-0.4, -0.2) is 6.08 Å². The number of aliphatic imine (C=N–C) groups is 1. The van der Waals surface area contributed by atoms with Crippen molar-refractivity contribution < 1.29 is 4.79 Å². The van der Waals surface area contributed by atoms with Crippen molar-refractivity contribution in [3.05, 3.63) is 40.9 Å². The highest BCUT2D eigenvalue weighted by Gasteiger charge is 2.03. The van der Waals surface area contributed by atoms with E-state index < -0.39 is 0 Å². The molecule has 0 atom stereocenters. The third kappa shape index (κ3) is 1.48. The fourth-order valence-corrected chi connectivity index (χ4v) is 1.82. The lowest BCUT2D eigenvalue weighted by Crippen LogP contribution is -1.75. The number of halogens is 1. The highest BCUT2D eigenvalue weighted by molar-refractivity contribution is 9.10. The number of isocyanates is 1. The lowest BCUT2D eigenvalue weighted by molar-refractivity contribution is 0.565. The van der Waals surface area contributed by atoms with Gasteiger partial charge in [0.1, 0.15) is 0 Å². The number of benzene rings is 2. The van der Waals surface area contributed by atoms with Gasteiger partial charge in [0.25, 0.3) is 0 Å². The Morgan fingerprint density at radius 1 is 1.14 bits per heavy atom. The quantitative estimate of drug-likeness (QED) is 0.560. The van der Waals surface area contributed by atoms with Gasteiger partial charge in [0, 0.05) is 9.86 Å². The maximum atomic E-state index is 10.3. The Morgan fingerprint density at radius 2 is 1.93 bits per heavy atom. The summed E-state index contributed by atoms with van der Waals surface area (Å²) < 4.78 is 0.805. The number of fused-ring (bicyclic) bond motifs is 1. The van der Waals surface area contributed by atoms with E-state index in [1.165, 1.54) is 0 Å². The number of hydrogen-bond acceptors (Lipinski definition) is 2. The van der Waals surface area contributed by atoms with Gasteiger partial charge in [-0.25, -0.2) is 4.79 Å². The zero-order valence-corrected chi connectivity index (χ0v) is 8.78. The smallest absolute Gasteiger partial charge is 0.211 e. The molecule has 2 aromatic carbocycles. The first-order valence-corrected chi connectivity index (χ1v) is 4.87. The second kappa shape index (κ2) is 3.74. The van der Waals surface area contributed by atoms with Crippen molar-refractivity contribution in [3.63, 3.8) is 0 Å². The molecule has 68 valence electrons. The van der Waals surface area contributed by atoms with E-state index >= 15 is 0 Å². The number of hydrogen-bond donors (Lipinski definition) is 0. The van der Waals surface area contributed by atoms with Gasteiger partial charge in [-0.3, -0.25) is 0 Å². The molecule has 14 heavy (non-hydrogen) atoms. The topological polar surface area (TPSA) is 29.4 Å². The van der Waals surface area contributed by atoms with Gasteiger partial charge in [-0.2, -0.15) is 4.99 Å². The second-order valence-corrected chi connectivity index (χ2v) is 3.67. The van der Waals surface area contributed by atoms with E-state index in [9.17, 15) is 4.79 Å². The maximum absolute atomic E-state index is 10.3. The van der Waals surface area contributed by atoms with Crippen LogP contribution in [0.25, 0.3) is 10.8 Å². The van der Waals surface area contributed by atoms with Gasteiger partial charge in [0.05, 0.1) is 5.69 Å². The minimum Gasteiger partial charge on any atom is -0.211 e. The third-order valence-corrected chi connectivity index (χ3v) is 2.65. The van der Waals surface area contributed by atoms with E-state index in [0.717, 1.165) is 15.2 Å². The Morgan fingerprint density at radius 3 is 2.71 bits per heavy atom. The lowest BCUT2D eigenvalue weighted by Gasteiger charge is -2.01. The normalized spacial score (nSPS) is 9.79. The first kappa shape index (κ1) is 9.13. The van der Waals surface area contributed by atoms with Gasteiger partial charge < -0.3 is 0 Å². The first-order valence-electron chi connectivity index (χ1n) is 4.08. The Bertz CT molecular complexity index is 530. The second-order valence-electron chi connectivity index (χ2n) is 2.82. The van der Waals surface area contributed by atoms with Crippen LogP contribution in [0.3, 0.4) is 0 Å². The Balaban J connectivity index is 2.89. The molecule has 2 rings (SSSR count). The fraction of sp³-hybridized carbons (Fsp3) is 0. The van der Waals surface area contributed by atoms with Crippen molar-refractivity contribution in [2.24, 2.45) is 4.99 Å². The van der Waals surface area contributed by atoms with Gasteiger partial charge in [-0.15, -0.1) is 0 Å². The molecule has 0 aliphatic rings. The molecule has 2 nitrogen and oxygen atoms in total. The molecule has 0 spiro atoms. The molecule has 0 heterocycles. The monoisotopic (exact) mass is 247 g/mol. The van der Waals surface area contributed by atoms with Crippen LogP contribution in [0.5, 0.6) is 0 Å². The van der Waals surface area contributed by atoms with Crippen molar-refractivity contribution >= 4 is 38.5 Å². The Kier molecular flexibility index (Phi) is 2.44. The molecule has 0 amide bonds. The number of nitrogens with zero attached hydrogens (tertiary/aromatic N) is 1. The highest BCUT2D eigenvalue weighted by Crippen LogP contribution is 2.33. The van der Waals surface area contributed by atoms with Crippen molar-refractivity contribution in [1.82, 2.24) is 0 Å². The lowest BCUT2D eigenvalue weighted by atomic mass is 10.1. The molecule has 0 unspecified atom stereocenters. The molecule has 0 saturated heterocycles. The minimum atomic E-state index is 0.637. The summed E-state index contributed by atoms with van der Waals surface area (Å²) in [7, 11) is 0. The predicted octanol–water partition coefficient (Wildman–Crippen LogP) is 3.57. The standard InChI is InChI=1S/C11H6BrNO/c12-10-6-5-8-3-1-2-4-9(8)11(10)13-7-14/h1-6H. The molecule has 0 aromatic heterocycles. The van der Waals surface area contributed by atoms with E-state index in [2.05, 4.69) is 20.9 Å². The molecule has 0 bridgehead atoms. The van der Waals surface area contributed by atoms with Gasteiger partial charge in [-0.05, 0) is 27.4 Å². The highest BCUT2D eigenvalue weighted by atomic mass is 79.9. The Hall–Kier alpha value is -1.44. The summed E-state index contributed by atoms with van der Waals surface area (Å²) >= 11 is 3.35. The number of rotatable bonds is 1. The summed E-state index contributed by atoms with van der Waals surface area (Å²) in [6, 6.07) is 11.6. The van der Waals surface area contributed by atoms with Gasteiger partial charge in [0.2, 0.25) is 6.08 Å². The third-order valence-electron chi connectivity index (χ3n) is 2.01. The zero-order chi connectivity index (χ0) is 9.97. The zero-order valence-electron chi connectivity index (χ0n) is 7.20. The van der Waals surface area contributed by atoms with Gasteiger partial charge in [0.15, 0.2) is 0 Å². The molecular formula is C11H6BrNO. The maximum Gasteiger partial charge on any atom is 0.240 e. The molecule has 3 heteroatoms. The van der Waals surface area contributed by atoms with Crippen LogP contribution in [0.4, 0.5) is 5.69 Å². The van der Waals surface area contributed by atoms with Crippen LogP contribution in [0.2, 0.25) is 0 Å². The molecule has 0 N–H and O–H groups in total. The van der Waals surface area contributed by atoms with Gasteiger partial charge in [-0.1, -0.05) is 30.3 Å². The fourth-order valence-electron chi connectivity index (χ4n) is 1.39. The van der Waals surface area contributed by atoms with E-state index in [1.807, 2.05) is 36.4 Å². The van der Waals surface area contributed by atoms with Crippen LogP contribution in [0.15, 0.2) is 45.9 Å². The van der Waals surface area contributed by atoms with Crippen molar-refractivity contribution in [3.8, 4) is 0 Å². The van der Waals surface area contributed by atoms with Crippen LogP contribution < -0.4 is 0 Å². The van der Waals surface area contributed by atoms with E-state index in [1.54, 1.807) is 6.08 Å². The number of carbonyl (C=O) groups excluding carboxylic acids is 1. The van der Waals surface area contributed by atoms with Crippen LogP contribution >= 0.6 is 15.9 Å². The molecule has 0 fully saturated rings. The summed E-state index contributed by atoms with van der Waals surface area (Å²) in [6.07, 6.45) is 1.56. The van der Waals surface area contributed by atoms with Crippen LogP contribution in [-0.2, 0) is 4.79 Å². The van der Waals surface area contributed by atoms with E-state index in [-0.39, 0.29) is 0 Å². The molecule has 0 aliphatic heterocycles. The molecule has 0 saturated carbocycles. The summed E-state index contributed by atoms with van der Waals surface area (Å²) in [5, 5.41) is 2.01. The predicted molar refractivity (Wildman–Crippen MR) is 59.4 cm³/mol. The van der Waals surface area contributed by atoms with Crippen molar-refractivity contribution in [2.45, 2.75) is 0 Å². The van der Waals surface area contributed by atoms with E-state index in [0.29, 0.717) is 5.69 Å². The van der Waals surface area contributed by atoms with E-state index in [4.69, 9.17) is 0 Å². The van der Waals surface area contributed by atoms with Crippen molar-refractivity contribution in [2.75, 3.05) is 0 Å².